The molecule has 1 aliphatic heterocycles. The molecule has 0 unspecified atom stereocenters. The lowest BCUT2D eigenvalue weighted by molar-refractivity contribution is 0.0879. The van der Waals surface area contributed by atoms with Gasteiger partial charge in [0.15, 0.2) is 0 Å². The molecule has 0 saturated heterocycles. The van der Waals surface area contributed by atoms with Crippen LogP contribution in [0.1, 0.15) is 26.3 Å². The van der Waals surface area contributed by atoms with Gasteiger partial charge in [0.2, 0.25) is 0 Å². The fourth-order valence-corrected chi connectivity index (χ4v) is 2.86. The van der Waals surface area contributed by atoms with Crippen LogP contribution in [-0.4, -0.2) is 24.7 Å². The molecule has 0 atom stereocenters. The Hall–Kier alpha value is -2.27. The lowest BCUT2D eigenvalue weighted by Gasteiger charge is -2.08. The minimum absolute atomic E-state index is 0.320. The predicted octanol–water partition coefficient (Wildman–Crippen LogP) is 2.91. The summed E-state index contributed by atoms with van der Waals surface area (Å²) in [7, 11) is 0. The third-order valence-electron chi connectivity index (χ3n) is 3.55. The fraction of sp³-hybridized carbons (Fsp3) is 0.176. The number of thioether (sulfide) groups is 1. The molecule has 112 valence electrons. The van der Waals surface area contributed by atoms with Crippen LogP contribution in [0.3, 0.4) is 0 Å². The van der Waals surface area contributed by atoms with Crippen molar-refractivity contribution in [3.8, 4) is 5.75 Å². The SMILES string of the molecule is CSc1ccc(OCCc2cccc3c2C(=O)NC3=O)cc1. The number of fused-ring (bicyclic) bond motifs is 1. The van der Waals surface area contributed by atoms with Crippen molar-refractivity contribution in [1.82, 2.24) is 5.32 Å². The third-order valence-corrected chi connectivity index (χ3v) is 4.29. The number of hydrogen-bond acceptors (Lipinski definition) is 4. The van der Waals surface area contributed by atoms with E-state index < -0.39 is 0 Å². The molecule has 0 saturated carbocycles. The van der Waals surface area contributed by atoms with Crippen molar-refractivity contribution in [1.29, 1.82) is 0 Å². The Labute approximate surface area is 132 Å². The van der Waals surface area contributed by atoms with Gasteiger partial charge in [-0.05, 0) is 42.2 Å². The lowest BCUT2D eigenvalue weighted by atomic mass is 10.0. The van der Waals surface area contributed by atoms with E-state index in [4.69, 9.17) is 4.74 Å². The van der Waals surface area contributed by atoms with Crippen molar-refractivity contribution in [2.45, 2.75) is 11.3 Å². The molecule has 1 heterocycles. The molecular formula is C17H15NO3S. The summed E-state index contributed by atoms with van der Waals surface area (Å²) in [6.07, 6.45) is 2.60. The standard InChI is InChI=1S/C17H15NO3S/c1-22-13-7-5-12(6-8-13)21-10-9-11-3-2-4-14-15(11)17(20)18-16(14)19/h2-8H,9-10H2,1H3,(H,18,19,20). The normalized spacial score (nSPS) is 13.0. The van der Waals surface area contributed by atoms with Gasteiger partial charge < -0.3 is 4.74 Å². The first-order valence-electron chi connectivity index (χ1n) is 6.93. The summed E-state index contributed by atoms with van der Waals surface area (Å²) < 4.78 is 5.71. The Balaban J connectivity index is 1.67. The Kier molecular flexibility index (Phi) is 4.15. The largest absolute Gasteiger partial charge is 0.493 e. The first kappa shape index (κ1) is 14.7. The number of imide groups is 1. The molecule has 2 aromatic carbocycles. The highest BCUT2D eigenvalue weighted by molar-refractivity contribution is 7.98. The van der Waals surface area contributed by atoms with E-state index in [1.807, 2.05) is 36.6 Å². The highest BCUT2D eigenvalue weighted by Crippen LogP contribution is 2.22. The molecule has 4 nitrogen and oxygen atoms in total. The highest BCUT2D eigenvalue weighted by atomic mass is 32.2. The van der Waals surface area contributed by atoms with E-state index in [2.05, 4.69) is 5.32 Å². The van der Waals surface area contributed by atoms with Crippen LogP contribution in [0.5, 0.6) is 5.75 Å². The van der Waals surface area contributed by atoms with E-state index in [0.717, 1.165) is 11.3 Å². The number of rotatable bonds is 5. The van der Waals surface area contributed by atoms with Gasteiger partial charge in [-0.25, -0.2) is 0 Å². The zero-order valence-corrected chi connectivity index (χ0v) is 12.9. The van der Waals surface area contributed by atoms with Gasteiger partial charge in [0.25, 0.3) is 11.8 Å². The predicted molar refractivity (Wildman–Crippen MR) is 85.7 cm³/mol. The number of carbonyl (C=O) groups is 2. The van der Waals surface area contributed by atoms with Crippen molar-refractivity contribution in [2.24, 2.45) is 0 Å². The van der Waals surface area contributed by atoms with Gasteiger partial charge in [0, 0.05) is 11.3 Å². The fourth-order valence-electron chi connectivity index (χ4n) is 2.45. The zero-order valence-electron chi connectivity index (χ0n) is 12.1. The number of nitrogens with one attached hydrogen (secondary N) is 1. The molecule has 5 heteroatoms. The molecule has 2 amide bonds. The molecule has 22 heavy (non-hydrogen) atoms. The van der Waals surface area contributed by atoms with Crippen LogP contribution in [0.2, 0.25) is 0 Å². The van der Waals surface area contributed by atoms with Crippen LogP contribution in [-0.2, 0) is 6.42 Å². The maximum atomic E-state index is 11.8. The molecule has 0 fully saturated rings. The molecule has 3 rings (SSSR count). The van der Waals surface area contributed by atoms with E-state index in [-0.39, 0.29) is 11.8 Å². The average molecular weight is 313 g/mol. The molecular weight excluding hydrogens is 298 g/mol. The Bertz CT molecular complexity index is 725. The zero-order chi connectivity index (χ0) is 15.5. The number of carbonyl (C=O) groups excluding carboxylic acids is 2. The van der Waals surface area contributed by atoms with Gasteiger partial charge in [0.1, 0.15) is 5.75 Å². The maximum absolute atomic E-state index is 11.8. The molecule has 0 spiro atoms. The summed E-state index contributed by atoms with van der Waals surface area (Å²) in [5.74, 6) is 0.154. The van der Waals surface area contributed by atoms with Crippen LogP contribution in [0, 0.1) is 0 Å². The van der Waals surface area contributed by atoms with Crippen LogP contribution in [0.4, 0.5) is 0 Å². The topological polar surface area (TPSA) is 55.4 Å². The minimum atomic E-state index is -0.324. The van der Waals surface area contributed by atoms with Crippen molar-refractivity contribution in [3.05, 3.63) is 59.2 Å². The summed E-state index contributed by atoms with van der Waals surface area (Å²) in [4.78, 5) is 24.6. The second-order valence-corrected chi connectivity index (χ2v) is 5.78. The number of benzene rings is 2. The van der Waals surface area contributed by atoms with E-state index in [1.54, 1.807) is 23.9 Å². The first-order chi connectivity index (χ1) is 10.7. The van der Waals surface area contributed by atoms with Crippen molar-refractivity contribution in [2.75, 3.05) is 12.9 Å². The average Bonchev–Trinajstić information content (AvgIpc) is 2.84. The monoisotopic (exact) mass is 313 g/mol. The van der Waals surface area contributed by atoms with Crippen LogP contribution in [0.25, 0.3) is 0 Å². The molecule has 2 aromatic rings. The highest BCUT2D eigenvalue weighted by Gasteiger charge is 2.28. The van der Waals surface area contributed by atoms with Crippen LogP contribution < -0.4 is 10.1 Å². The van der Waals surface area contributed by atoms with Crippen LogP contribution in [0.15, 0.2) is 47.4 Å². The van der Waals surface area contributed by atoms with Gasteiger partial charge in [0.05, 0.1) is 17.7 Å². The third kappa shape index (κ3) is 2.85. The summed E-state index contributed by atoms with van der Waals surface area (Å²) in [6.45, 7) is 0.455. The number of amides is 2. The number of hydrogen-bond donors (Lipinski definition) is 1. The van der Waals surface area contributed by atoms with E-state index in [1.165, 1.54) is 4.90 Å². The summed E-state index contributed by atoms with van der Waals surface area (Å²) in [5.41, 5.74) is 1.77. The van der Waals surface area contributed by atoms with Crippen molar-refractivity contribution in [3.63, 3.8) is 0 Å². The quantitative estimate of drug-likeness (QED) is 0.681. The molecule has 1 aliphatic rings. The van der Waals surface area contributed by atoms with Gasteiger partial charge in [-0.3, -0.25) is 14.9 Å². The second kappa shape index (κ2) is 6.23. The summed E-state index contributed by atoms with van der Waals surface area (Å²) in [6, 6.07) is 13.2. The Morgan fingerprint density at radius 3 is 2.55 bits per heavy atom. The number of ether oxygens (including phenoxy) is 1. The first-order valence-corrected chi connectivity index (χ1v) is 8.16. The lowest BCUT2D eigenvalue weighted by Crippen LogP contribution is -2.20. The van der Waals surface area contributed by atoms with E-state index in [0.29, 0.717) is 24.2 Å². The van der Waals surface area contributed by atoms with E-state index >= 15 is 0 Å². The molecule has 0 radical (unpaired) electrons. The van der Waals surface area contributed by atoms with Crippen LogP contribution >= 0.6 is 11.8 Å². The van der Waals surface area contributed by atoms with Gasteiger partial charge in [-0.1, -0.05) is 12.1 Å². The van der Waals surface area contributed by atoms with Crippen molar-refractivity contribution < 1.29 is 14.3 Å². The van der Waals surface area contributed by atoms with Crippen molar-refractivity contribution >= 4 is 23.6 Å². The van der Waals surface area contributed by atoms with Gasteiger partial charge in [-0.2, -0.15) is 0 Å². The molecule has 1 N–H and O–H groups in total. The molecule has 0 aromatic heterocycles. The summed E-state index contributed by atoms with van der Waals surface area (Å²) >= 11 is 1.68. The Morgan fingerprint density at radius 2 is 1.82 bits per heavy atom. The second-order valence-electron chi connectivity index (χ2n) is 4.90. The van der Waals surface area contributed by atoms with Gasteiger partial charge in [-0.15, -0.1) is 11.8 Å². The smallest absolute Gasteiger partial charge is 0.259 e. The van der Waals surface area contributed by atoms with E-state index in [9.17, 15) is 9.59 Å². The summed E-state index contributed by atoms with van der Waals surface area (Å²) in [5, 5.41) is 2.32. The Morgan fingerprint density at radius 1 is 1.05 bits per heavy atom. The maximum Gasteiger partial charge on any atom is 0.259 e. The minimum Gasteiger partial charge on any atom is -0.493 e. The molecule has 0 aliphatic carbocycles. The van der Waals surface area contributed by atoms with Gasteiger partial charge >= 0.3 is 0 Å². The molecule has 0 bridgehead atoms.